The zero-order valence-corrected chi connectivity index (χ0v) is 32.3. The predicted molar refractivity (Wildman–Crippen MR) is 226 cm³/mol. The van der Waals surface area contributed by atoms with Crippen molar-refractivity contribution >= 4 is 17.1 Å². The zero-order chi connectivity index (χ0) is 36.4. The molecule has 12 rings (SSSR count). The minimum Gasteiger partial charge on any atom is -0.310 e. The Balaban J connectivity index is 1.17. The van der Waals surface area contributed by atoms with Crippen LogP contribution in [0.3, 0.4) is 0 Å². The summed E-state index contributed by atoms with van der Waals surface area (Å²) in [7, 11) is 0. The van der Waals surface area contributed by atoms with Crippen LogP contribution in [0, 0.1) is 23.7 Å². The van der Waals surface area contributed by atoms with Gasteiger partial charge in [0.25, 0.3) is 0 Å². The van der Waals surface area contributed by atoms with Crippen molar-refractivity contribution in [3.05, 3.63) is 162 Å². The average molecular weight is 702 g/mol. The van der Waals surface area contributed by atoms with Gasteiger partial charge in [0.1, 0.15) is 0 Å². The highest BCUT2D eigenvalue weighted by Gasteiger charge is 2.66. The Morgan fingerprint density at radius 1 is 0.481 bits per heavy atom. The molecular weight excluding hydrogens is 651 g/mol. The number of rotatable bonds is 5. The van der Waals surface area contributed by atoms with Gasteiger partial charge in [-0.05, 0) is 159 Å². The molecule has 0 aromatic heterocycles. The summed E-state index contributed by atoms with van der Waals surface area (Å²) in [6, 6.07) is 53.6. The van der Waals surface area contributed by atoms with E-state index in [1.807, 2.05) is 0 Å². The van der Waals surface area contributed by atoms with Gasteiger partial charge in [-0.1, -0.05) is 131 Å². The van der Waals surface area contributed by atoms with E-state index in [1.54, 1.807) is 11.1 Å². The normalized spacial score (nSPS) is 26.1. The number of anilines is 3. The van der Waals surface area contributed by atoms with Crippen molar-refractivity contribution < 1.29 is 0 Å². The highest BCUT2D eigenvalue weighted by atomic mass is 15.1. The third-order valence-corrected chi connectivity index (χ3v) is 15.1. The van der Waals surface area contributed by atoms with Crippen LogP contribution in [0.5, 0.6) is 0 Å². The second-order valence-electron chi connectivity index (χ2n) is 18.8. The quantitative estimate of drug-likeness (QED) is 0.173. The maximum Gasteiger partial charge on any atom is 0.0543 e. The molecule has 5 atom stereocenters. The van der Waals surface area contributed by atoms with E-state index in [1.165, 1.54) is 100 Å². The van der Waals surface area contributed by atoms with E-state index in [2.05, 4.69) is 172 Å². The molecule has 6 aliphatic rings. The molecule has 6 aromatic carbocycles. The van der Waals surface area contributed by atoms with Crippen molar-refractivity contribution in [2.75, 3.05) is 4.90 Å². The Morgan fingerprint density at radius 3 is 1.83 bits per heavy atom. The fourth-order valence-electron chi connectivity index (χ4n) is 12.6. The molecule has 4 bridgehead atoms. The van der Waals surface area contributed by atoms with Gasteiger partial charge < -0.3 is 4.90 Å². The first-order chi connectivity index (χ1) is 26.2. The maximum absolute atomic E-state index is 2.62. The van der Waals surface area contributed by atoms with Crippen LogP contribution in [0.2, 0.25) is 0 Å². The first kappa shape index (κ1) is 32.5. The number of nitrogens with zero attached hydrogens (tertiary/aromatic N) is 1. The highest BCUT2D eigenvalue weighted by molar-refractivity contribution is 5.97. The fourth-order valence-corrected chi connectivity index (χ4v) is 12.6. The van der Waals surface area contributed by atoms with E-state index in [4.69, 9.17) is 0 Å². The van der Waals surface area contributed by atoms with E-state index in [9.17, 15) is 0 Å². The Kier molecular flexibility index (Phi) is 6.97. The summed E-state index contributed by atoms with van der Waals surface area (Å²) in [5.41, 5.74) is 18.4. The Hall–Kier alpha value is -4.88. The Morgan fingerprint density at radius 2 is 1.11 bits per heavy atom. The van der Waals surface area contributed by atoms with Crippen molar-refractivity contribution in [3.63, 3.8) is 0 Å². The molecule has 268 valence electrons. The summed E-state index contributed by atoms with van der Waals surface area (Å²) in [6.45, 7) is 9.79. The van der Waals surface area contributed by atoms with E-state index in [0.29, 0.717) is 0 Å². The van der Waals surface area contributed by atoms with E-state index >= 15 is 0 Å². The van der Waals surface area contributed by atoms with Gasteiger partial charge in [0, 0.05) is 22.4 Å². The SMILES string of the molecule is CC1(C)CCC(C)(C)c2cc(N(c3ccc(-c4ccccc4)cc3)c3cccc4c3-c3cc(-c5ccccc5)ccc3C43C4CC5CC(C4)C3C5)ccc21. The standard InChI is InChI=1S/C53H51N/c1-51(2)26-27-52(3,4)48-33-42(23-25-45(48)51)54(41-21-18-37(19-22-41)35-12-7-5-8-13-35)49-17-11-16-46-50(49)43-32-38(36-14-9-6-10-15-36)20-24-44(43)53(46)40-29-34-28-39(31-40)47(53)30-34/h5-25,32-34,39-40,47H,26-31H2,1-4H3. The minimum atomic E-state index is 0.109. The average Bonchev–Trinajstić information content (AvgIpc) is 3.75. The molecular formula is C53H51N. The second kappa shape index (κ2) is 11.6. The third-order valence-electron chi connectivity index (χ3n) is 15.1. The molecule has 0 aliphatic heterocycles. The van der Waals surface area contributed by atoms with Crippen LogP contribution in [0.4, 0.5) is 17.1 Å². The van der Waals surface area contributed by atoms with E-state index in [-0.39, 0.29) is 16.2 Å². The van der Waals surface area contributed by atoms with E-state index < -0.39 is 0 Å². The molecule has 1 nitrogen and oxygen atoms in total. The Labute approximate surface area is 322 Å². The molecule has 1 spiro atoms. The fraction of sp³-hybridized carbons (Fsp3) is 0.321. The Bertz CT molecular complexity index is 2410. The first-order valence-corrected chi connectivity index (χ1v) is 20.7. The summed E-state index contributed by atoms with van der Waals surface area (Å²) in [4.78, 5) is 2.62. The third kappa shape index (κ3) is 4.57. The van der Waals surface area contributed by atoms with Crippen molar-refractivity contribution in [1.29, 1.82) is 0 Å². The van der Waals surface area contributed by atoms with Gasteiger partial charge in [0.05, 0.1) is 5.69 Å². The zero-order valence-electron chi connectivity index (χ0n) is 32.3. The number of benzene rings is 6. The van der Waals surface area contributed by atoms with Crippen LogP contribution in [-0.2, 0) is 16.2 Å². The molecule has 0 radical (unpaired) electrons. The van der Waals surface area contributed by atoms with Crippen LogP contribution < -0.4 is 4.90 Å². The van der Waals surface area contributed by atoms with Gasteiger partial charge in [0.2, 0.25) is 0 Å². The van der Waals surface area contributed by atoms with Crippen molar-refractivity contribution in [3.8, 4) is 33.4 Å². The van der Waals surface area contributed by atoms with Crippen LogP contribution in [0.25, 0.3) is 33.4 Å². The molecule has 54 heavy (non-hydrogen) atoms. The molecule has 6 aromatic rings. The topological polar surface area (TPSA) is 3.24 Å². The monoisotopic (exact) mass is 701 g/mol. The molecule has 4 saturated carbocycles. The number of hydrogen-bond acceptors (Lipinski definition) is 1. The lowest BCUT2D eigenvalue weighted by atomic mass is 9.59. The molecule has 0 saturated heterocycles. The van der Waals surface area contributed by atoms with Gasteiger partial charge in [-0.3, -0.25) is 0 Å². The molecule has 0 N–H and O–H groups in total. The van der Waals surface area contributed by atoms with Crippen LogP contribution >= 0.6 is 0 Å². The number of fused-ring (bicyclic) bond motifs is 4. The summed E-state index contributed by atoms with van der Waals surface area (Å²) < 4.78 is 0. The smallest absolute Gasteiger partial charge is 0.0543 e. The molecule has 0 amide bonds. The van der Waals surface area contributed by atoms with Crippen molar-refractivity contribution in [1.82, 2.24) is 0 Å². The highest BCUT2D eigenvalue weighted by Crippen LogP contribution is 2.74. The minimum absolute atomic E-state index is 0.109. The predicted octanol–water partition coefficient (Wildman–Crippen LogP) is 14.2. The molecule has 5 unspecified atom stereocenters. The molecule has 0 heterocycles. The molecule has 6 aliphatic carbocycles. The van der Waals surface area contributed by atoms with E-state index in [0.717, 1.165) is 23.7 Å². The summed E-state index contributed by atoms with van der Waals surface area (Å²) >= 11 is 0. The lowest BCUT2D eigenvalue weighted by molar-refractivity contribution is 0.191. The summed E-state index contributed by atoms with van der Waals surface area (Å²) in [6.07, 6.45) is 8.03. The van der Waals surface area contributed by atoms with Gasteiger partial charge in [-0.2, -0.15) is 0 Å². The molecule has 4 fully saturated rings. The lowest BCUT2D eigenvalue weighted by Gasteiger charge is -2.44. The van der Waals surface area contributed by atoms with Crippen LogP contribution in [0.1, 0.15) is 88.5 Å². The number of hydrogen-bond donors (Lipinski definition) is 0. The molecule has 1 heteroatoms. The van der Waals surface area contributed by atoms with Gasteiger partial charge >= 0.3 is 0 Å². The second-order valence-corrected chi connectivity index (χ2v) is 18.8. The van der Waals surface area contributed by atoms with Crippen molar-refractivity contribution in [2.24, 2.45) is 23.7 Å². The van der Waals surface area contributed by atoms with Gasteiger partial charge in [-0.15, -0.1) is 0 Å². The lowest BCUT2D eigenvalue weighted by Crippen LogP contribution is -2.40. The summed E-state index contributed by atoms with van der Waals surface area (Å²) in [5.74, 6) is 3.25. The first-order valence-electron chi connectivity index (χ1n) is 20.7. The van der Waals surface area contributed by atoms with Crippen molar-refractivity contribution in [2.45, 2.75) is 82.5 Å². The van der Waals surface area contributed by atoms with Crippen LogP contribution in [-0.4, -0.2) is 0 Å². The van der Waals surface area contributed by atoms with Gasteiger partial charge in [0.15, 0.2) is 0 Å². The maximum atomic E-state index is 2.62. The van der Waals surface area contributed by atoms with Crippen LogP contribution in [0.15, 0.2) is 140 Å². The summed E-state index contributed by atoms with van der Waals surface area (Å²) in [5, 5.41) is 0. The van der Waals surface area contributed by atoms with Gasteiger partial charge in [-0.25, -0.2) is 0 Å². The largest absolute Gasteiger partial charge is 0.310 e.